The van der Waals surface area contributed by atoms with Gasteiger partial charge in [0, 0.05) is 15.2 Å². The number of benzene rings is 6. The molecule has 0 bridgehead atoms. The highest BCUT2D eigenvalue weighted by Gasteiger charge is 2.43. The Morgan fingerprint density at radius 2 is 0.833 bits per heavy atom. The zero-order chi connectivity index (χ0) is 24.0. The second-order valence-corrected chi connectivity index (χ2v) is 10.9. The van der Waals surface area contributed by atoms with Crippen LogP contribution in [-0.2, 0) is 18.3 Å². The summed E-state index contributed by atoms with van der Waals surface area (Å²) in [6.07, 6.45) is 1.90. The fourth-order valence-electron chi connectivity index (χ4n) is 6.21. The summed E-state index contributed by atoms with van der Waals surface area (Å²) < 4.78 is 0. The molecule has 0 fully saturated rings. The molecule has 1 aliphatic heterocycles. The largest absolute Gasteiger partial charge is 0.0894 e. The third kappa shape index (κ3) is 3.46. The van der Waals surface area contributed by atoms with E-state index >= 15 is 0 Å². The van der Waals surface area contributed by atoms with Crippen molar-refractivity contribution in [2.45, 2.75) is 28.0 Å². The SMILES string of the molecule is c1ccc(CC2(Cc3ccccc3)c3c(ccc4ccccc34)Sc3ccc4ccccc4c32)cc1. The Bertz CT molecular complexity index is 1570. The summed E-state index contributed by atoms with van der Waals surface area (Å²) in [4.78, 5) is 2.76. The molecule has 0 N–H and O–H groups in total. The van der Waals surface area contributed by atoms with Crippen LogP contribution in [0.25, 0.3) is 21.5 Å². The number of hydrogen-bond donors (Lipinski definition) is 0. The van der Waals surface area contributed by atoms with Crippen molar-refractivity contribution in [3.05, 3.63) is 156 Å². The van der Waals surface area contributed by atoms with Crippen molar-refractivity contribution in [2.24, 2.45) is 0 Å². The van der Waals surface area contributed by atoms with E-state index in [4.69, 9.17) is 0 Å². The minimum absolute atomic E-state index is 0.208. The topological polar surface area (TPSA) is 0 Å². The van der Waals surface area contributed by atoms with Crippen molar-refractivity contribution < 1.29 is 0 Å². The van der Waals surface area contributed by atoms with E-state index in [0.717, 1.165) is 12.8 Å². The first-order valence-corrected chi connectivity index (χ1v) is 13.4. The summed E-state index contributed by atoms with van der Waals surface area (Å²) in [5, 5.41) is 5.36. The van der Waals surface area contributed by atoms with Gasteiger partial charge in [-0.25, -0.2) is 0 Å². The summed E-state index contributed by atoms with van der Waals surface area (Å²) in [6.45, 7) is 0. The van der Waals surface area contributed by atoms with Crippen LogP contribution in [0.4, 0.5) is 0 Å². The van der Waals surface area contributed by atoms with Crippen molar-refractivity contribution >= 4 is 33.3 Å². The van der Waals surface area contributed by atoms with E-state index in [0.29, 0.717) is 0 Å². The third-order valence-electron chi connectivity index (χ3n) is 7.66. The molecule has 1 heteroatoms. The lowest BCUT2D eigenvalue weighted by Gasteiger charge is -2.43. The average Bonchev–Trinajstić information content (AvgIpc) is 2.93. The van der Waals surface area contributed by atoms with Crippen LogP contribution in [-0.4, -0.2) is 0 Å². The van der Waals surface area contributed by atoms with E-state index in [1.165, 1.54) is 53.6 Å². The Kier molecular flexibility index (Phi) is 5.18. The lowest BCUT2D eigenvalue weighted by atomic mass is 9.64. The fraction of sp³-hybridized carbons (Fsp3) is 0.0857. The molecule has 0 unspecified atom stereocenters. The van der Waals surface area contributed by atoms with Gasteiger partial charge in [0.15, 0.2) is 0 Å². The molecule has 6 aromatic carbocycles. The lowest BCUT2D eigenvalue weighted by molar-refractivity contribution is 0.494. The number of rotatable bonds is 4. The Labute approximate surface area is 216 Å². The summed E-state index contributed by atoms with van der Waals surface area (Å²) in [5.74, 6) is 0. The second kappa shape index (κ2) is 8.69. The molecule has 7 rings (SSSR count). The van der Waals surface area contributed by atoms with E-state index in [2.05, 4.69) is 133 Å². The van der Waals surface area contributed by atoms with Crippen LogP contribution in [0.5, 0.6) is 0 Å². The Hall–Kier alpha value is -3.81. The van der Waals surface area contributed by atoms with Gasteiger partial charge in [-0.2, -0.15) is 0 Å². The maximum absolute atomic E-state index is 2.35. The first-order chi connectivity index (χ1) is 17.8. The molecule has 0 saturated heterocycles. The Morgan fingerprint density at radius 3 is 1.31 bits per heavy atom. The maximum atomic E-state index is 2.35. The summed E-state index contributed by atoms with van der Waals surface area (Å²) in [6, 6.07) is 49.3. The van der Waals surface area contributed by atoms with E-state index in [9.17, 15) is 0 Å². The van der Waals surface area contributed by atoms with Crippen molar-refractivity contribution in [3.8, 4) is 0 Å². The fourth-order valence-corrected chi connectivity index (χ4v) is 7.53. The van der Waals surface area contributed by atoms with E-state index < -0.39 is 0 Å². The standard InChI is InChI=1S/C35H26S/c1-3-11-25(12-4-1)23-35(24-26-13-5-2-6-14-26)33-29-17-9-7-15-27(29)19-21-31(33)36-32-22-20-28-16-8-10-18-30(28)34(32)35/h1-22H,23-24H2. The van der Waals surface area contributed by atoms with Gasteiger partial charge in [0.1, 0.15) is 0 Å². The van der Waals surface area contributed by atoms with Gasteiger partial charge in [-0.1, -0.05) is 133 Å². The average molecular weight is 479 g/mol. The van der Waals surface area contributed by atoms with Crippen molar-refractivity contribution in [1.29, 1.82) is 0 Å². The molecule has 0 atom stereocenters. The van der Waals surface area contributed by atoms with Crippen LogP contribution in [0.15, 0.2) is 143 Å². The summed E-state index contributed by atoms with van der Waals surface area (Å²) in [7, 11) is 0. The molecule has 0 spiro atoms. The molecule has 6 aromatic rings. The first kappa shape index (κ1) is 21.5. The van der Waals surface area contributed by atoms with Gasteiger partial charge >= 0.3 is 0 Å². The number of fused-ring (bicyclic) bond motifs is 6. The van der Waals surface area contributed by atoms with E-state index in [1.807, 2.05) is 11.8 Å². The van der Waals surface area contributed by atoms with E-state index in [1.54, 1.807) is 0 Å². The molecular formula is C35H26S. The molecule has 172 valence electrons. The van der Waals surface area contributed by atoms with Gasteiger partial charge in [-0.3, -0.25) is 0 Å². The smallest absolute Gasteiger partial charge is 0.0318 e. The van der Waals surface area contributed by atoms with Crippen molar-refractivity contribution in [2.75, 3.05) is 0 Å². The molecule has 0 aromatic heterocycles. The summed E-state index contributed by atoms with van der Waals surface area (Å²) in [5.41, 5.74) is 5.49. The zero-order valence-electron chi connectivity index (χ0n) is 20.0. The molecule has 0 saturated carbocycles. The summed E-state index contributed by atoms with van der Waals surface area (Å²) >= 11 is 1.94. The Morgan fingerprint density at radius 1 is 0.417 bits per heavy atom. The molecule has 0 aliphatic carbocycles. The molecule has 1 aliphatic rings. The molecule has 0 amide bonds. The molecular weight excluding hydrogens is 452 g/mol. The van der Waals surface area contributed by atoms with Crippen molar-refractivity contribution in [3.63, 3.8) is 0 Å². The second-order valence-electron chi connectivity index (χ2n) is 9.83. The normalized spacial score (nSPS) is 13.9. The molecule has 36 heavy (non-hydrogen) atoms. The van der Waals surface area contributed by atoms with Gasteiger partial charge in [-0.05, 0) is 68.8 Å². The predicted octanol–water partition coefficient (Wildman–Crippen LogP) is 9.23. The predicted molar refractivity (Wildman–Crippen MR) is 153 cm³/mol. The number of hydrogen-bond acceptors (Lipinski definition) is 1. The maximum Gasteiger partial charge on any atom is 0.0318 e. The van der Waals surface area contributed by atoms with E-state index in [-0.39, 0.29) is 5.41 Å². The van der Waals surface area contributed by atoms with Crippen LogP contribution in [0.2, 0.25) is 0 Å². The minimum atomic E-state index is -0.208. The zero-order valence-corrected chi connectivity index (χ0v) is 20.8. The van der Waals surface area contributed by atoms with Gasteiger partial charge in [-0.15, -0.1) is 0 Å². The molecule has 0 nitrogen and oxygen atoms in total. The van der Waals surface area contributed by atoms with Crippen LogP contribution >= 0.6 is 11.8 Å². The highest BCUT2D eigenvalue weighted by atomic mass is 32.2. The van der Waals surface area contributed by atoms with Gasteiger partial charge < -0.3 is 0 Å². The van der Waals surface area contributed by atoms with Crippen LogP contribution < -0.4 is 0 Å². The van der Waals surface area contributed by atoms with Gasteiger partial charge in [0.05, 0.1) is 0 Å². The van der Waals surface area contributed by atoms with Crippen molar-refractivity contribution in [1.82, 2.24) is 0 Å². The minimum Gasteiger partial charge on any atom is -0.0894 e. The first-order valence-electron chi connectivity index (χ1n) is 12.6. The quantitative estimate of drug-likeness (QED) is 0.243. The monoisotopic (exact) mass is 478 g/mol. The Balaban J connectivity index is 1.63. The van der Waals surface area contributed by atoms with Crippen LogP contribution in [0.1, 0.15) is 22.3 Å². The lowest BCUT2D eigenvalue weighted by Crippen LogP contribution is -2.36. The third-order valence-corrected chi connectivity index (χ3v) is 8.78. The van der Waals surface area contributed by atoms with Gasteiger partial charge in [0.2, 0.25) is 0 Å². The van der Waals surface area contributed by atoms with Gasteiger partial charge in [0.25, 0.3) is 0 Å². The highest BCUT2D eigenvalue weighted by Crippen LogP contribution is 2.56. The molecule has 1 heterocycles. The molecule has 0 radical (unpaired) electrons. The van der Waals surface area contributed by atoms with Crippen LogP contribution in [0.3, 0.4) is 0 Å². The van der Waals surface area contributed by atoms with Crippen LogP contribution in [0, 0.1) is 0 Å². The highest BCUT2D eigenvalue weighted by molar-refractivity contribution is 7.99.